The summed E-state index contributed by atoms with van der Waals surface area (Å²) >= 11 is 1.12. The molecule has 16 heavy (non-hydrogen) atoms. The van der Waals surface area contributed by atoms with E-state index >= 15 is 0 Å². The lowest BCUT2D eigenvalue weighted by molar-refractivity contribution is 0.0996. The Morgan fingerprint density at radius 2 is 2.12 bits per heavy atom. The molecule has 0 saturated carbocycles. The monoisotopic (exact) mass is 234 g/mol. The molecule has 2 rings (SSSR count). The van der Waals surface area contributed by atoms with Gasteiger partial charge in [-0.1, -0.05) is 34.8 Å². The van der Waals surface area contributed by atoms with Gasteiger partial charge in [-0.05, 0) is 5.56 Å². The van der Waals surface area contributed by atoms with Crippen LogP contribution in [0, 0.1) is 0 Å². The Balaban J connectivity index is 2.05. The molecule has 6 heteroatoms. The molecular weight excluding hydrogens is 224 g/mol. The molecule has 0 fully saturated rings. The Hall–Kier alpha value is -1.95. The van der Waals surface area contributed by atoms with Crippen molar-refractivity contribution < 1.29 is 4.79 Å². The molecule has 1 aromatic carbocycles. The van der Waals surface area contributed by atoms with Crippen LogP contribution in [0.15, 0.2) is 30.3 Å². The maximum Gasteiger partial charge on any atom is 0.272 e. The predicted octanol–water partition coefficient (Wildman–Crippen LogP) is 1.25. The number of carbonyl (C=O) groups is 1. The normalized spacial score (nSPS) is 10.0. The van der Waals surface area contributed by atoms with Gasteiger partial charge in [-0.2, -0.15) is 0 Å². The summed E-state index contributed by atoms with van der Waals surface area (Å²) < 4.78 is 3.68. The third-order valence-corrected chi connectivity index (χ3v) is 2.70. The van der Waals surface area contributed by atoms with Crippen LogP contribution in [0.4, 0.5) is 5.00 Å². The highest BCUT2D eigenvalue weighted by Crippen LogP contribution is 2.17. The SMILES string of the molecule is NC(=O)c1nnsc1NCc1ccccc1. The van der Waals surface area contributed by atoms with Crippen molar-refractivity contribution in [1.82, 2.24) is 9.59 Å². The van der Waals surface area contributed by atoms with E-state index in [-0.39, 0.29) is 5.69 Å². The van der Waals surface area contributed by atoms with Crippen molar-refractivity contribution in [2.45, 2.75) is 6.54 Å². The predicted molar refractivity (Wildman–Crippen MR) is 62.2 cm³/mol. The van der Waals surface area contributed by atoms with Crippen LogP contribution in [0.3, 0.4) is 0 Å². The molecule has 1 aromatic heterocycles. The molecule has 0 aliphatic rings. The topological polar surface area (TPSA) is 80.9 Å². The Kier molecular flexibility index (Phi) is 3.11. The summed E-state index contributed by atoms with van der Waals surface area (Å²) in [6, 6.07) is 9.84. The number of nitrogens with one attached hydrogen (secondary N) is 1. The van der Waals surface area contributed by atoms with Gasteiger partial charge in [0.25, 0.3) is 5.91 Å². The zero-order valence-electron chi connectivity index (χ0n) is 8.38. The van der Waals surface area contributed by atoms with Gasteiger partial charge in [0.05, 0.1) is 0 Å². The van der Waals surface area contributed by atoms with E-state index in [1.807, 2.05) is 30.3 Å². The average molecular weight is 234 g/mol. The van der Waals surface area contributed by atoms with E-state index in [0.29, 0.717) is 11.5 Å². The number of anilines is 1. The minimum absolute atomic E-state index is 0.195. The molecule has 0 spiro atoms. The molecular formula is C10H10N4OS. The van der Waals surface area contributed by atoms with Crippen LogP contribution >= 0.6 is 11.5 Å². The van der Waals surface area contributed by atoms with Gasteiger partial charge < -0.3 is 11.1 Å². The van der Waals surface area contributed by atoms with E-state index < -0.39 is 5.91 Å². The fourth-order valence-electron chi connectivity index (χ4n) is 1.25. The molecule has 0 radical (unpaired) electrons. The number of nitrogens with two attached hydrogens (primary N) is 1. The number of primary amides is 1. The fourth-order valence-corrected chi connectivity index (χ4v) is 1.81. The van der Waals surface area contributed by atoms with Crippen molar-refractivity contribution in [3.63, 3.8) is 0 Å². The fraction of sp³-hybridized carbons (Fsp3) is 0.100. The van der Waals surface area contributed by atoms with Crippen molar-refractivity contribution in [1.29, 1.82) is 0 Å². The zero-order chi connectivity index (χ0) is 11.4. The van der Waals surface area contributed by atoms with Crippen molar-refractivity contribution in [2.24, 2.45) is 5.73 Å². The molecule has 1 amide bonds. The third-order valence-electron chi connectivity index (χ3n) is 2.02. The summed E-state index contributed by atoms with van der Waals surface area (Å²) in [6.07, 6.45) is 0. The number of carbonyl (C=O) groups excluding carboxylic acids is 1. The standard InChI is InChI=1S/C10H10N4OS/c11-9(15)8-10(16-14-13-8)12-6-7-4-2-1-3-5-7/h1-5,12H,6H2,(H2,11,15). The third kappa shape index (κ3) is 2.34. The molecule has 0 aliphatic carbocycles. The molecule has 0 saturated heterocycles. The van der Waals surface area contributed by atoms with Gasteiger partial charge in [0.15, 0.2) is 5.69 Å². The summed E-state index contributed by atoms with van der Waals surface area (Å²) in [5.74, 6) is -0.565. The van der Waals surface area contributed by atoms with Gasteiger partial charge in [-0.25, -0.2) is 0 Å². The number of hydrogen-bond donors (Lipinski definition) is 2. The van der Waals surface area contributed by atoms with Crippen LogP contribution in [0.2, 0.25) is 0 Å². The van der Waals surface area contributed by atoms with E-state index in [4.69, 9.17) is 5.73 Å². The lowest BCUT2D eigenvalue weighted by Gasteiger charge is -2.03. The second-order valence-electron chi connectivity index (χ2n) is 3.15. The summed E-state index contributed by atoms with van der Waals surface area (Å²) in [5.41, 5.74) is 6.47. The van der Waals surface area contributed by atoms with E-state index in [1.54, 1.807) is 0 Å². The maximum atomic E-state index is 11.0. The Morgan fingerprint density at radius 1 is 1.38 bits per heavy atom. The highest BCUT2D eigenvalue weighted by Gasteiger charge is 2.12. The highest BCUT2D eigenvalue weighted by molar-refractivity contribution is 7.10. The number of amides is 1. The lowest BCUT2D eigenvalue weighted by Crippen LogP contribution is -2.14. The van der Waals surface area contributed by atoms with Crippen LogP contribution in [0.5, 0.6) is 0 Å². The van der Waals surface area contributed by atoms with Crippen molar-refractivity contribution >= 4 is 22.4 Å². The van der Waals surface area contributed by atoms with Gasteiger partial charge in [-0.3, -0.25) is 4.79 Å². The van der Waals surface area contributed by atoms with E-state index in [2.05, 4.69) is 14.9 Å². The number of hydrogen-bond acceptors (Lipinski definition) is 5. The first-order chi connectivity index (χ1) is 7.77. The minimum atomic E-state index is -0.565. The summed E-state index contributed by atoms with van der Waals surface area (Å²) in [6.45, 7) is 0.616. The average Bonchev–Trinajstić information content (AvgIpc) is 2.76. The number of aromatic nitrogens is 2. The molecule has 0 aliphatic heterocycles. The van der Waals surface area contributed by atoms with Crippen molar-refractivity contribution in [2.75, 3.05) is 5.32 Å². The van der Waals surface area contributed by atoms with E-state index in [0.717, 1.165) is 17.1 Å². The lowest BCUT2D eigenvalue weighted by atomic mass is 10.2. The second-order valence-corrected chi connectivity index (χ2v) is 3.91. The van der Waals surface area contributed by atoms with Crippen LogP contribution in [-0.2, 0) is 6.54 Å². The zero-order valence-corrected chi connectivity index (χ0v) is 9.20. The van der Waals surface area contributed by atoms with Crippen molar-refractivity contribution in [3.05, 3.63) is 41.6 Å². The number of benzene rings is 1. The van der Waals surface area contributed by atoms with Gasteiger partial charge >= 0.3 is 0 Å². The largest absolute Gasteiger partial charge is 0.370 e. The quantitative estimate of drug-likeness (QED) is 0.834. The molecule has 0 unspecified atom stereocenters. The molecule has 1 heterocycles. The minimum Gasteiger partial charge on any atom is -0.370 e. The molecule has 5 nitrogen and oxygen atoms in total. The first kappa shape index (κ1) is 10.6. The Bertz CT molecular complexity index is 483. The number of rotatable bonds is 4. The Labute approximate surface area is 96.5 Å². The van der Waals surface area contributed by atoms with E-state index in [9.17, 15) is 4.79 Å². The highest BCUT2D eigenvalue weighted by atomic mass is 32.1. The molecule has 3 N–H and O–H groups in total. The first-order valence-electron chi connectivity index (χ1n) is 4.67. The summed E-state index contributed by atoms with van der Waals surface area (Å²) in [5, 5.41) is 7.35. The second kappa shape index (κ2) is 4.71. The van der Waals surface area contributed by atoms with E-state index in [1.165, 1.54) is 0 Å². The molecule has 2 aromatic rings. The van der Waals surface area contributed by atoms with Crippen LogP contribution in [0.25, 0.3) is 0 Å². The summed E-state index contributed by atoms with van der Waals surface area (Å²) in [7, 11) is 0. The van der Waals surface area contributed by atoms with Crippen LogP contribution < -0.4 is 11.1 Å². The first-order valence-corrected chi connectivity index (χ1v) is 5.44. The van der Waals surface area contributed by atoms with Gasteiger partial charge in [0.1, 0.15) is 5.00 Å². The van der Waals surface area contributed by atoms with Gasteiger partial charge in [-0.15, -0.1) is 5.10 Å². The number of nitrogens with zero attached hydrogens (tertiary/aromatic N) is 2. The van der Waals surface area contributed by atoms with Gasteiger partial charge in [0.2, 0.25) is 0 Å². The Morgan fingerprint density at radius 3 is 2.81 bits per heavy atom. The van der Waals surface area contributed by atoms with Crippen LogP contribution in [-0.4, -0.2) is 15.5 Å². The smallest absolute Gasteiger partial charge is 0.272 e. The summed E-state index contributed by atoms with van der Waals surface area (Å²) in [4.78, 5) is 11.0. The van der Waals surface area contributed by atoms with Crippen LogP contribution in [0.1, 0.15) is 16.1 Å². The maximum absolute atomic E-state index is 11.0. The molecule has 0 atom stereocenters. The molecule has 0 bridgehead atoms. The van der Waals surface area contributed by atoms with Gasteiger partial charge in [0, 0.05) is 18.1 Å². The molecule has 82 valence electrons. The van der Waals surface area contributed by atoms with Crippen molar-refractivity contribution in [3.8, 4) is 0 Å².